The highest BCUT2D eigenvalue weighted by Gasteiger charge is 2.40. The number of rotatable bonds is 3. The number of alkyl halides is 3. The fourth-order valence-corrected chi connectivity index (χ4v) is 1.32. The molecule has 86 valence electrons. The monoisotopic (exact) mass is 293 g/mol. The van der Waals surface area contributed by atoms with E-state index in [1.165, 1.54) is 18.2 Å². The van der Waals surface area contributed by atoms with E-state index in [1.807, 2.05) is 0 Å². The Hall–Kier alpha value is -1.22. The molecule has 0 N–H and O–H groups in total. The molecule has 0 heterocycles. The maximum Gasteiger partial charge on any atom is 0.407 e. The van der Waals surface area contributed by atoms with E-state index in [0.29, 0.717) is 10.2 Å². The van der Waals surface area contributed by atoms with Gasteiger partial charge in [-0.15, -0.1) is 0 Å². The van der Waals surface area contributed by atoms with Crippen LogP contribution in [0, 0.1) is 17.2 Å². The van der Waals surface area contributed by atoms with E-state index in [1.54, 1.807) is 12.1 Å². The van der Waals surface area contributed by atoms with E-state index in [4.69, 9.17) is 10.00 Å². The van der Waals surface area contributed by atoms with Crippen molar-refractivity contribution in [2.24, 2.45) is 5.92 Å². The smallest absolute Gasteiger partial charge is 0.407 e. The van der Waals surface area contributed by atoms with Crippen LogP contribution in [0.15, 0.2) is 28.7 Å². The molecule has 1 unspecified atom stereocenters. The SMILES string of the molecule is N#CC(COc1cccc(Br)c1)C(F)(F)F. The van der Waals surface area contributed by atoms with Crippen LogP contribution in [0.4, 0.5) is 13.2 Å². The van der Waals surface area contributed by atoms with Gasteiger partial charge in [0.15, 0.2) is 5.92 Å². The van der Waals surface area contributed by atoms with E-state index in [2.05, 4.69) is 15.9 Å². The van der Waals surface area contributed by atoms with Gasteiger partial charge in [-0.1, -0.05) is 22.0 Å². The average Bonchev–Trinajstić information content (AvgIpc) is 2.16. The Bertz CT molecular complexity index is 400. The summed E-state index contributed by atoms with van der Waals surface area (Å²) in [6.07, 6.45) is -4.55. The Labute approximate surface area is 98.8 Å². The van der Waals surface area contributed by atoms with E-state index < -0.39 is 18.7 Å². The fraction of sp³-hybridized carbons (Fsp3) is 0.300. The van der Waals surface area contributed by atoms with E-state index in [-0.39, 0.29) is 0 Å². The number of nitriles is 1. The van der Waals surface area contributed by atoms with Crippen LogP contribution in [-0.4, -0.2) is 12.8 Å². The van der Waals surface area contributed by atoms with Gasteiger partial charge in [-0.05, 0) is 18.2 Å². The molecule has 0 radical (unpaired) electrons. The minimum atomic E-state index is -4.55. The first-order valence-corrected chi connectivity index (χ1v) is 5.07. The lowest BCUT2D eigenvalue weighted by Gasteiger charge is -2.14. The van der Waals surface area contributed by atoms with Crippen LogP contribution in [0.5, 0.6) is 5.75 Å². The minimum Gasteiger partial charge on any atom is -0.492 e. The lowest BCUT2D eigenvalue weighted by Crippen LogP contribution is -2.27. The van der Waals surface area contributed by atoms with Crippen LogP contribution in [-0.2, 0) is 0 Å². The molecule has 0 aliphatic carbocycles. The second-order valence-electron chi connectivity index (χ2n) is 2.99. The van der Waals surface area contributed by atoms with E-state index in [9.17, 15) is 13.2 Å². The predicted octanol–water partition coefficient (Wildman–Crippen LogP) is 3.53. The van der Waals surface area contributed by atoms with Crippen molar-refractivity contribution in [1.82, 2.24) is 0 Å². The van der Waals surface area contributed by atoms with Crippen molar-refractivity contribution in [3.8, 4) is 11.8 Å². The summed E-state index contributed by atoms with van der Waals surface area (Å²) in [7, 11) is 0. The first-order chi connectivity index (χ1) is 7.43. The summed E-state index contributed by atoms with van der Waals surface area (Å²) in [6.45, 7) is -0.698. The van der Waals surface area contributed by atoms with Gasteiger partial charge in [-0.25, -0.2) is 0 Å². The van der Waals surface area contributed by atoms with Crippen LogP contribution < -0.4 is 4.74 Å². The van der Waals surface area contributed by atoms with Gasteiger partial charge in [-0.3, -0.25) is 0 Å². The van der Waals surface area contributed by atoms with Gasteiger partial charge in [0, 0.05) is 4.47 Å². The molecule has 0 aromatic heterocycles. The summed E-state index contributed by atoms with van der Waals surface area (Å²) in [4.78, 5) is 0. The zero-order valence-electron chi connectivity index (χ0n) is 7.96. The lowest BCUT2D eigenvalue weighted by atomic mass is 10.2. The molecule has 6 heteroatoms. The third-order valence-electron chi connectivity index (χ3n) is 1.76. The molecule has 0 fully saturated rings. The second-order valence-corrected chi connectivity index (χ2v) is 3.91. The molecule has 0 amide bonds. The molecule has 2 nitrogen and oxygen atoms in total. The summed E-state index contributed by atoms with van der Waals surface area (Å²) < 4.78 is 42.2. The Morgan fingerprint density at radius 3 is 2.62 bits per heavy atom. The molecule has 0 spiro atoms. The zero-order chi connectivity index (χ0) is 12.2. The maximum atomic E-state index is 12.2. The van der Waals surface area contributed by atoms with Gasteiger partial charge in [0.2, 0.25) is 0 Å². The maximum absolute atomic E-state index is 12.2. The van der Waals surface area contributed by atoms with Crippen molar-refractivity contribution in [2.75, 3.05) is 6.61 Å². The van der Waals surface area contributed by atoms with Crippen LogP contribution in [0.2, 0.25) is 0 Å². The molecule has 0 bridgehead atoms. The standard InChI is InChI=1S/C10H7BrF3NO/c11-8-2-1-3-9(4-8)16-6-7(5-15)10(12,13)14/h1-4,7H,6H2. The first-order valence-electron chi connectivity index (χ1n) is 4.28. The first kappa shape index (κ1) is 12.8. The highest BCUT2D eigenvalue weighted by molar-refractivity contribution is 9.10. The van der Waals surface area contributed by atoms with Crippen molar-refractivity contribution >= 4 is 15.9 Å². The van der Waals surface area contributed by atoms with Gasteiger partial charge in [0.05, 0.1) is 6.07 Å². The largest absolute Gasteiger partial charge is 0.492 e. The Morgan fingerprint density at radius 1 is 1.44 bits per heavy atom. The Balaban J connectivity index is 2.61. The van der Waals surface area contributed by atoms with Crippen LogP contribution in [0.25, 0.3) is 0 Å². The molecular weight excluding hydrogens is 287 g/mol. The third kappa shape index (κ3) is 3.74. The minimum absolute atomic E-state index is 0.291. The number of halogens is 4. The molecule has 1 rings (SSSR count). The third-order valence-corrected chi connectivity index (χ3v) is 2.26. The highest BCUT2D eigenvalue weighted by atomic mass is 79.9. The number of benzene rings is 1. The van der Waals surface area contributed by atoms with Gasteiger partial charge in [0.25, 0.3) is 0 Å². The van der Waals surface area contributed by atoms with Crippen molar-refractivity contribution in [3.63, 3.8) is 0 Å². The van der Waals surface area contributed by atoms with Crippen molar-refractivity contribution < 1.29 is 17.9 Å². The van der Waals surface area contributed by atoms with Gasteiger partial charge >= 0.3 is 6.18 Å². The van der Waals surface area contributed by atoms with Gasteiger partial charge in [-0.2, -0.15) is 18.4 Å². The fourth-order valence-electron chi connectivity index (χ4n) is 0.941. The summed E-state index contributed by atoms with van der Waals surface area (Å²) in [6, 6.07) is 7.58. The lowest BCUT2D eigenvalue weighted by molar-refractivity contribution is -0.165. The van der Waals surface area contributed by atoms with E-state index in [0.717, 1.165) is 0 Å². The number of nitrogens with zero attached hydrogens (tertiary/aromatic N) is 1. The molecule has 1 atom stereocenters. The summed E-state index contributed by atoms with van der Waals surface area (Å²) >= 11 is 3.16. The zero-order valence-corrected chi connectivity index (χ0v) is 9.55. The van der Waals surface area contributed by atoms with Crippen LogP contribution in [0.1, 0.15) is 0 Å². The van der Waals surface area contributed by atoms with Crippen molar-refractivity contribution in [3.05, 3.63) is 28.7 Å². The Kier molecular flexibility index (Phi) is 4.19. The topological polar surface area (TPSA) is 33.0 Å². The molecule has 1 aromatic carbocycles. The van der Waals surface area contributed by atoms with Crippen LogP contribution in [0.3, 0.4) is 0 Å². The molecule has 0 aliphatic rings. The summed E-state index contributed by atoms with van der Waals surface area (Å²) in [5.74, 6) is -1.81. The number of ether oxygens (including phenoxy) is 1. The average molecular weight is 294 g/mol. The number of hydrogen-bond acceptors (Lipinski definition) is 2. The normalized spacial score (nSPS) is 12.9. The van der Waals surface area contributed by atoms with Gasteiger partial charge in [0.1, 0.15) is 12.4 Å². The van der Waals surface area contributed by atoms with Gasteiger partial charge < -0.3 is 4.74 Å². The Morgan fingerprint density at radius 2 is 2.12 bits per heavy atom. The van der Waals surface area contributed by atoms with Crippen LogP contribution >= 0.6 is 15.9 Å². The molecule has 0 saturated heterocycles. The summed E-state index contributed by atoms with van der Waals surface area (Å²) in [5, 5.41) is 8.33. The quantitative estimate of drug-likeness (QED) is 0.854. The molecule has 0 aliphatic heterocycles. The van der Waals surface area contributed by atoms with E-state index >= 15 is 0 Å². The summed E-state index contributed by atoms with van der Waals surface area (Å²) in [5.41, 5.74) is 0. The number of hydrogen-bond donors (Lipinski definition) is 0. The molecule has 1 aromatic rings. The van der Waals surface area contributed by atoms with Crippen molar-refractivity contribution in [1.29, 1.82) is 5.26 Å². The second kappa shape index (κ2) is 5.21. The molecular formula is C10H7BrF3NO. The molecule has 16 heavy (non-hydrogen) atoms. The van der Waals surface area contributed by atoms with Crippen molar-refractivity contribution in [2.45, 2.75) is 6.18 Å². The highest BCUT2D eigenvalue weighted by Crippen LogP contribution is 2.27. The predicted molar refractivity (Wildman–Crippen MR) is 54.8 cm³/mol. The molecule has 0 saturated carbocycles.